The number of imide groups is 2. The fraction of sp³-hybridized carbons (Fsp3) is 0.556. The molecule has 1 aromatic heterocycles. The first kappa shape index (κ1) is 32.7. The molecule has 3 rings (SSSR count). The van der Waals surface area contributed by atoms with Gasteiger partial charge >= 0.3 is 30.0 Å². The summed E-state index contributed by atoms with van der Waals surface area (Å²) in [5.74, 6) is -5.32. The summed E-state index contributed by atoms with van der Waals surface area (Å²) in [6, 6.07) is -0.373. The lowest BCUT2D eigenvalue weighted by Gasteiger charge is -2.40. The highest BCUT2D eigenvalue weighted by molar-refractivity contribution is 6.03. The van der Waals surface area contributed by atoms with E-state index in [-0.39, 0.29) is 17.1 Å². The van der Waals surface area contributed by atoms with Gasteiger partial charge in [-0.05, 0) is 30.9 Å². The average Bonchev–Trinajstić information content (AvgIpc) is 3.51. The Hall–Kier alpha value is -3.85. The van der Waals surface area contributed by atoms with Gasteiger partial charge in [0.05, 0.1) is 24.9 Å². The van der Waals surface area contributed by atoms with Crippen LogP contribution >= 0.6 is 0 Å². The number of rotatable bonds is 7. The Bertz CT molecular complexity index is 1420. The van der Waals surface area contributed by atoms with Crippen molar-refractivity contribution < 1.29 is 46.0 Å². The van der Waals surface area contributed by atoms with Crippen LogP contribution in [0, 0.1) is 11.8 Å². The second kappa shape index (κ2) is 12.2. The highest BCUT2D eigenvalue weighted by Crippen LogP contribution is 2.35. The SMILES string of the molecule is COC(=O)N(C(=O)[N+]1(C(=O)[C@@H](N)C(C)C)CCC[C@H]1C)[C@H](C(=O)c1nn(-c2ccccc2C(F)(F)F)c(=O)o1)C(C)C. The van der Waals surface area contributed by atoms with Gasteiger partial charge in [-0.25, -0.2) is 19.2 Å². The number of ether oxygens (including phenoxy) is 1. The number of carbonyl (C=O) groups excluding carboxylic acids is 4. The van der Waals surface area contributed by atoms with Crippen LogP contribution in [0.15, 0.2) is 33.5 Å². The number of amides is 4. The third-order valence-corrected chi connectivity index (χ3v) is 7.58. The van der Waals surface area contributed by atoms with Gasteiger partial charge in [0.2, 0.25) is 5.78 Å². The van der Waals surface area contributed by atoms with E-state index in [0.717, 1.165) is 25.3 Å². The second-order valence-electron chi connectivity index (χ2n) is 11.0. The number of nitrogens with two attached hydrogens (primary N) is 1. The molecule has 0 spiro atoms. The number of nitrogens with zero attached hydrogens (tertiary/aromatic N) is 4. The molecule has 0 bridgehead atoms. The third kappa shape index (κ3) is 5.75. The van der Waals surface area contributed by atoms with Gasteiger partial charge in [0.1, 0.15) is 18.1 Å². The maximum atomic E-state index is 14.3. The van der Waals surface area contributed by atoms with E-state index in [1.54, 1.807) is 20.8 Å². The molecule has 42 heavy (non-hydrogen) atoms. The Morgan fingerprint density at radius 1 is 1.14 bits per heavy atom. The number of likely N-dealkylation sites (tertiary alicyclic amines) is 1. The summed E-state index contributed by atoms with van der Waals surface area (Å²) >= 11 is 0. The van der Waals surface area contributed by atoms with Crippen LogP contribution in [0.1, 0.15) is 63.7 Å². The minimum Gasteiger partial charge on any atom is -0.452 e. The highest BCUT2D eigenvalue weighted by Gasteiger charge is 2.59. The molecule has 1 saturated heterocycles. The van der Waals surface area contributed by atoms with Crippen molar-refractivity contribution >= 4 is 23.8 Å². The van der Waals surface area contributed by atoms with Crippen LogP contribution in [0.3, 0.4) is 0 Å². The molecule has 2 aromatic rings. The number of carbonyl (C=O) groups is 4. The van der Waals surface area contributed by atoms with E-state index >= 15 is 0 Å². The number of hydrogen-bond donors (Lipinski definition) is 1. The first-order chi connectivity index (χ1) is 19.5. The summed E-state index contributed by atoms with van der Waals surface area (Å²) in [6.45, 7) is 8.06. The number of Topliss-reactive ketones (excluding diaryl/α,β-unsaturated/α-hetero) is 1. The van der Waals surface area contributed by atoms with E-state index in [4.69, 9.17) is 14.9 Å². The predicted molar refractivity (Wildman–Crippen MR) is 141 cm³/mol. The zero-order valence-corrected chi connectivity index (χ0v) is 24.2. The molecule has 15 heteroatoms. The molecule has 2 N–H and O–H groups in total. The number of urea groups is 1. The van der Waals surface area contributed by atoms with E-state index in [0.29, 0.717) is 17.7 Å². The second-order valence-corrected chi connectivity index (χ2v) is 11.0. The molecule has 1 unspecified atom stereocenters. The number of alkyl halides is 3. The van der Waals surface area contributed by atoms with Crippen molar-refractivity contribution in [2.75, 3.05) is 13.7 Å². The minimum atomic E-state index is -4.86. The first-order valence-corrected chi connectivity index (χ1v) is 13.4. The van der Waals surface area contributed by atoms with Gasteiger partial charge < -0.3 is 14.9 Å². The van der Waals surface area contributed by atoms with Gasteiger partial charge in [-0.1, -0.05) is 39.8 Å². The van der Waals surface area contributed by atoms with E-state index in [9.17, 15) is 37.1 Å². The van der Waals surface area contributed by atoms with Crippen molar-refractivity contribution in [1.82, 2.24) is 14.7 Å². The molecular weight excluding hydrogens is 563 g/mol. The van der Waals surface area contributed by atoms with E-state index in [2.05, 4.69) is 5.10 Å². The zero-order chi connectivity index (χ0) is 31.7. The summed E-state index contributed by atoms with van der Waals surface area (Å²) < 4.78 is 50.0. The van der Waals surface area contributed by atoms with Gasteiger partial charge in [0.25, 0.3) is 5.89 Å². The molecular formula is C27H35F3N5O7+. The topological polar surface area (TPSA) is 155 Å². The maximum Gasteiger partial charge on any atom is 0.442 e. The van der Waals surface area contributed by atoms with Crippen molar-refractivity contribution in [2.45, 2.75) is 71.8 Å². The summed E-state index contributed by atoms with van der Waals surface area (Å²) in [7, 11) is 0.979. The molecule has 4 atom stereocenters. The summed E-state index contributed by atoms with van der Waals surface area (Å²) in [5.41, 5.74) is 4.28. The van der Waals surface area contributed by atoms with Crippen LogP contribution in [-0.4, -0.2) is 74.8 Å². The van der Waals surface area contributed by atoms with Crippen LogP contribution in [0.5, 0.6) is 0 Å². The van der Waals surface area contributed by atoms with Gasteiger partial charge in [0, 0.05) is 12.8 Å². The van der Waals surface area contributed by atoms with Gasteiger partial charge in [-0.3, -0.25) is 4.79 Å². The molecule has 0 saturated carbocycles. The first-order valence-electron chi connectivity index (χ1n) is 13.4. The van der Waals surface area contributed by atoms with Crippen LogP contribution in [0.2, 0.25) is 0 Å². The number of hydrogen-bond acceptors (Lipinski definition) is 9. The molecule has 1 aliphatic rings. The van der Waals surface area contributed by atoms with Crippen LogP contribution in [0.25, 0.3) is 5.69 Å². The fourth-order valence-electron chi connectivity index (χ4n) is 5.21. The largest absolute Gasteiger partial charge is 0.452 e. The summed E-state index contributed by atoms with van der Waals surface area (Å²) in [5, 5.41) is 3.71. The number of ketones is 1. The van der Waals surface area contributed by atoms with Crippen LogP contribution < -0.4 is 11.5 Å². The predicted octanol–water partition coefficient (Wildman–Crippen LogP) is 3.75. The summed E-state index contributed by atoms with van der Waals surface area (Å²) in [4.78, 5) is 68.1. The molecule has 4 amide bonds. The molecule has 0 radical (unpaired) electrons. The van der Waals surface area contributed by atoms with Crippen LogP contribution in [-0.2, 0) is 15.7 Å². The monoisotopic (exact) mass is 598 g/mol. The Morgan fingerprint density at radius 2 is 1.76 bits per heavy atom. The van der Waals surface area contributed by atoms with Gasteiger partial charge in [-0.2, -0.15) is 27.2 Å². The van der Waals surface area contributed by atoms with Crippen LogP contribution in [0.4, 0.5) is 22.8 Å². The standard InChI is InChI=1S/C27H35F3N5O7/c1-14(2)19(31)23(37)35(13-9-10-16(35)5)24(38)33(25(39)41-6)20(15(3)4)21(36)22-32-34(26(40)42-22)18-12-8-7-11-17(18)27(28,29)30/h7-8,11-12,14-16,19-20H,9-10,13,31H2,1-6H3/q+1/t16-,19+,20+,35?/m1/s1. The molecule has 1 aliphatic heterocycles. The minimum absolute atomic E-state index is 0.0175. The summed E-state index contributed by atoms with van der Waals surface area (Å²) in [6.07, 6.45) is -5.22. The Balaban J connectivity index is 2.15. The molecule has 230 valence electrons. The molecule has 1 aromatic carbocycles. The maximum absolute atomic E-state index is 14.3. The number of aromatic nitrogens is 2. The van der Waals surface area contributed by atoms with E-state index in [1.807, 2.05) is 0 Å². The zero-order valence-electron chi connectivity index (χ0n) is 24.2. The number of quaternary nitrogens is 1. The number of methoxy groups -OCH3 is 1. The quantitative estimate of drug-likeness (QED) is 0.371. The van der Waals surface area contributed by atoms with Crippen molar-refractivity contribution in [3.8, 4) is 5.69 Å². The highest BCUT2D eigenvalue weighted by atomic mass is 19.4. The smallest absolute Gasteiger partial charge is 0.442 e. The van der Waals surface area contributed by atoms with Crippen molar-refractivity contribution in [2.24, 2.45) is 17.6 Å². The van der Waals surface area contributed by atoms with Gasteiger partial charge in [-0.15, -0.1) is 5.10 Å². The van der Waals surface area contributed by atoms with E-state index < -0.39 is 81.4 Å². The Kier molecular flexibility index (Phi) is 9.47. The van der Waals surface area contributed by atoms with Crippen molar-refractivity contribution in [3.05, 3.63) is 46.3 Å². The Morgan fingerprint density at radius 3 is 2.26 bits per heavy atom. The van der Waals surface area contributed by atoms with Crippen molar-refractivity contribution in [3.63, 3.8) is 0 Å². The number of para-hydroxylation sites is 1. The number of halogens is 3. The average molecular weight is 599 g/mol. The van der Waals surface area contributed by atoms with E-state index in [1.165, 1.54) is 19.9 Å². The third-order valence-electron chi connectivity index (χ3n) is 7.58. The van der Waals surface area contributed by atoms with Crippen molar-refractivity contribution in [1.29, 1.82) is 0 Å². The lowest BCUT2D eigenvalue weighted by atomic mass is 9.97. The van der Waals surface area contributed by atoms with Gasteiger partial charge in [0.15, 0.2) is 0 Å². The number of benzene rings is 1. The molecule has 12 nitrogen and oxygen atoms in total. The fourth-order valence-corrected chi connectivity index (χ4v) is 5.21. The lowest BCUT2D eigenvalue weighted by molar-refractivity contribution is -0.788. The molecule has 2 heterocycles. The Labute approximate surface area is 239 Å². The molecule has 1 fully saturated rings. The molecule has 0 aliphatic carbocycles. The normalized spacial score (nSPS) is 20.4. The lowest BCUT2D eigenvalue weighted by Crippen LogP contribution is -2.70.